The lowest BCUT2D eigenvalue weighted by molar-refractivity contribution is 0.102. The molecule has 0 saturated heterocycles. The highest BCUT2D eigenvalue weighted by Crippen LogP contribution is 2.39. The van der Waals surface area contributed by atoms with Gasteiger partial charge in [-0.05, 0) is 53.9 Å². The third-order valence-corrected chi connectivity index (χ3v) is 5.64. The molecule has 0 radical (unpaired) electrons. The molecule has 6 heteroatoms. The average molecular weight is 439 g/mol. The van der Waals surface area contributed by atoms with Gasteiger partial charge in [0.2, 0.25) is 0 Å². The highest BCUT2D eigenvalue weighted by molar-refractivity contribution is 6.06. The van der Waals surface area contributed by atoms with Gasteiger partial charge in [-0.1, -0.05) is 36.4 Å². The molecule has 0 spiro atoms. The number of hydrogen-bond donors (Lipinski definition) is 2. The first kappa shape index (κ1) is 20.6. The maximum atomic E-state index is 14.2. The molecule has 164 valence electrons. The van der Waals surface area contributed by atoms with E-state index in [-0.39, 0.29) is 11.3 Å². The Morgan fingerprint density at radius 3 is 2.64 bits per heavy atom. The zero-order valence-electron chi connectivity index (χ0n) is 18.0. The molecule has 1 aliphatic heterocycles. The second kappa shape index (κ2) is 8.67. The van der Waals surface area contributed by atoms with Gasteiger partial charge >= 0.3 is 0 Å². The normalized spacial score (nSPS) is 12.6. The van der Waals surface area contributed by atoms with Gasteiger partial charge in [-0.15, -0.1) is 0 Å². The van der Waals surface area contributed by atoms with Crippen molar-refractivity contribution in [3.8, 4) is 5.75 Å². The molecule has 0 aliphatic carbocycles. The van der Waals surface area contributed by atoms with Crippen LogP contribution in [0.25, 0.3) is 10.8 Å². The van der Waals surface area contributed by atoms with E-state index in [1.165, 1.54) is 24.6 Å². The van der Waals surface area contributed by atoms with Gasteiger partial charge in [0.05, 0.1) is 18.5 Å². The molecule has 0 bridgehead atoms. The van der Waals surface area contributed by atoms with Crippen molar-refractivity contribution in [2.75, 3.05) is 29.2 Å². The molecule has 0 atom stereocenters. The number of fused-ring (bicyclic) bond motifs is 3. The van der Waals surface area contributed by atoms with Gasteiger partial charge in [0.15, 0.2) is 0 Å². The first-order chi connectivity index (χ1) is 16.2. The fraction of sp³-hybridized carbons (Fsp3) is 0.0741. The fourth-order valence-corrected chi connectivity index (χ4v) is 4.06. The van der Waals surface area contributed by atoms with Gasteiger partial charge in [-0.2, -0.15) is 0 Å². The monoisotopic (exact) mass is 439 g/mol. The molecule has 4 aromatic carbocycles. The number of hydrogen-bond acceptors (Lipinski definition) is 4. The first-order valence-electron chi connectivity index (χ1n) is 10.6. The van der Waals surface area contributed by atoms with Crippen LogP contribution in [0.1, 0.15) is 10.4 Å². The van der Waals surface area contributed by atoms with Crippen LogP contribution in [-0.2, 0) is 0 Å². The van der Waals surface area contributed by atoms with Crippen LogP contribution in [0, 0.1) is 5.82 Å². The topological polar surface area (TPSA) is 53.6 Å². The molecule has 1 heterocycles. The number of benzene rings is 4. The van der Waals surface area contributed by atoms with Crippen molar-refractivity contribution < 1.29 is 13.9 Å². The quantitative estimate of drug-likeness (QED) is 0.391. The summed E-state index contributed by atoms with van der Waals surface area (Å²) in [6, 6.07) is 24.2. The number of methoxy groups -OCH3 is 1. The fourth-order valence-electron chi connectivity index (χ4n) is 4.06. The summed E-state index contributed by atoms with van der Waals surface area (Å²) < 4.78 is 19.4. The van der Waals surface area contributed by atoms with E-state index in [4.69, 9.17) is 4.74 Å². The molecule has 5 rings (SSSR count). The van der Waals surface area contributed by atoms with E-state index in [0.29, 0.717) is 5.69 Å². The number of ether oxygens (including phenoxy) is 1. The number of carbonyl (C=O) groups is 1. The molecule has 33 heavy (non-hydrogen) atoms. The van der Waals surface area contributed by atoms with Crippen LogP contribution >= 0.6 is 0 Å². The van der Waals surface area contributed by atoms with E-state index >= 15 is 0 Å². The minimum atomic E-state index is -0.630. The Balaban J connectivity index is 1.44. The Hall–Kier alpha value is -4.32. The minimum Gasteiger partial charge on any atom is -0.496 e. The van der Waals surface area contributed by atoms with Crippen molar-refractivity contribution >= 4 is 39.4 Å². The van der Waals surface area contributed by atoms with Gasteiger partial charge < -0.3 is 20.3 Å². The number of halogens is 1. The second-order valence-electron chi connectivity index (χ2n) is 7.63. The van der Waals surface area contributed by atoms with Crippen LogP contribution in [0.4, 0.5) is 27.1 Å². The summed E-state index contributed by atoms with van der Waals surface area (Å²) in [6.07, 6.45) is 4.10. The van der Waals surface area contributed by atoms with Gasteiger partial charge in [0, 0.05) is 29.5 Å². The molecular weight excluding hydrogens is 417 g/mol. The van der Waals surface area contributed by atoms with Crippen molar-refractivity contribution in [3.05, 3.63) is 103 Å². The Kier molecular flexibility index (Phi) is 5.40. The molecular formula is C27H22FN3O2. The van der Waals surface area contributed by atoms with Gasteiger partial charge in [-0.25, -0.2) is 4.39 Å². The maximum absolute atomic E-state index is 14.2. The Labute approximate surface area is 191 Å². The minimum absolute atomic E-state index is 0.119. The van der Waals surface area contributed by atoms with E-state index in [0.717, 1.165) is 29.0 Å². The highest BCUT2D eigenvalue weighted by atomic mass is 19.1. The summed E-state index contributed by atoms with van der Waals surface area (Å²) in [5.74, 6) is -1.00. The molecule has 0 fully saturated rings. The molecule has 0 unspecified atom stereocenters. The van der Waals surface area contributed by atoms with Crippen molar-refractivity contribution in [2.45, 2.75) is 0 Å². The summed E-state index contributed by atoms with van der Waals surface area (Å²) >= 11 is 0. The zero-order chi connectivity index (χ0) is 22.8. The van der Waals surface area contributed by atoms with E-state index in [2.05, 4.69) is 45.9 Å². The molecule has 5 nitrogen and oxygen atoms in total. The number of amides is 1. The zero-order valence-corrected chi connectivity index (χ0v) is 18.0. The lowest BCUT2D eigenvalue weighted by atomic mass is 10.1. The molecule has 4 aromatic rings. The summed E-state index contributed by atoms with van der Waals surface area (Å²) in [5.41, 5.74) is 3.49. The standard InChI is InChI=1S/C27H22FN3O2/c1-33-24-9-4-8-22(28)25(24)27(32)30-19-11-13-20(14-12-19)31-17-5-16-29-26-21-7-3-2-6-18(21)10-15-23(26)31/h2-15,17,29H,16H2,1H3,(H,30,32). The van der Waals surface area contributed by atoms with E-state index in [1.807, 2.05) is 30.5 Å². The van der Waals surface area contributed by atoms with Crippen LogP contribution in [0.3, 0.4) is 0 Å². The van der Waals surface area contributed by atoms with Crippen LogP contribution < -0.4 is 20.3 Å². The van der Waals surface area contributed by atoms with Crippen molar-refractivity contribution in [2.24, 2.45) is 0 Å². The number of carbonyl (C=O) groups excluding carboxylic acids is 1. The van der Waals surface area contributed by atoms with Crippen LogP contribution in [0.5, 0.6) is 5.75 Å². The highest BCUT2D eigenvalue weighted by Gasteiger charge is 2.19. The van der Waals surface area contributed by atoms with E-state index < -0.39 is 11.7 Å². The van der Waals surface area contributed by atoms with Crippen molar-refractivity contribution in [1.29, 1.82) is 0 Å². The molecule has 0 saturated carbocycles. The van der Waals surface area contributed by atoms with E-state index in [1.54, 1.807) is 18.2 Å². The third kappa shape index (κ3) is 3.87. The summed E-state index contributed by atoms with van der Waals surface area (Å²) in [5, 5.41) is 8.59. The second-order valence-corrected chi connectivity index (χ2v) is 7.63. The summed E-state index contributed by atoms with van der Waals surface area (Å²) in [6.45, 7) is 0.718. The SMILES string of the molecule is COc1cccc(F)c1C(=O)Nc1ccc(N2C=CCNc3c2ccc2ccccc32)cc1. The largest absolute Gasteiger partial charge is 0.496 e. The van der Waals surface area contributed by atoms with Gasteiger partial charge in [0.25, 0.3) is 5.91 Å². The number of nitrogens with one attached hydrogen (secondary N) is 2. The molecule has 2 N–H and O–H groups in total. The summed E-state index contributed by atoms with van der Waals surface area (Å²) in [7, 11) is 1.41. The van der Waals surface area contributed by atoms with Crippen molar-refractivity contribution in [1.82, 2.24) is 0 Å². The van der Waals surface area contributed by atoms with E-state index in [9.17, 15) is 9.18 Å². The van der Waals surface area contributed by atoms with Crippen LogP contribution in [-0.4, -0.2) is 19.6 Å². The lowest BCUT2D eigenvalue weighted by Crippen LogP contribution is -2.15. The van der Waals surface area contributed by atoms with Gasteiger partial charge in [0.1, 0.15) is 17.1 Å². The Morgan fingerprint density at radius 2 is 1.82 bits per heavy atom. The van der Waals surface area contributed by atoms with Crippen LogP contribution in [0.15, 0.2) is 91.1 Å². The predicted octanol–water partition coefficient (Wildman–Crippen LogP) is 6.32. The molecule has 0 aromatic heterocycles. The lowest BCUT2D eigenvalue weighted by Gasteiger charge is -2.23. The number of rotatable bonds is 4. The maximum Gasteiger partial charge on any atom is 0.262 e. The predicted molar refractivity (Wildman–Crippen MR) is 131 cm³/mol. The Bertz CT molecular complexity index is 1370. The Morgan fingerprint density at radius 1 is 1.00 bits per heavy atom. The van der Waals surface area contributed by atoms with Crippen LogP contribution in [0.2, 0.25) is 0 Å². The molecule has 1 amide bonds. The van der Waals surface area contributed by atoms with Crippen molar-refractivity contribution in [3.63, 3.8) is 0 Å². The smallest absolute Gasteiger partial charge is 0.262 e. The number of anilines is 4. The summed E-state index contributed by atoms with van der Waals surface area (Å²) in [4.78, 5) is 14.8. The average Bonchev–Trinajstić information content (AvgIpc) is 3.07. The number of nitrogens with zero attached hydrogens (tertiary/aromatic N) is 1. The third-order valence-electron chi connectivity index (χ3n) is 5.64. The van der Waals surface area contributed by atoms with Gasteiger partial charge in [-0.3, -0.25) is 4.79 Å². The first-order valence-corrected chi connectivity index (χ1v) is 10.6. The molecule has 1 aliphatic rings.